The van der Waals surface area contributed by atoms with Crippen molar-refractivity contribution in [3.05, 3.63) is 48.0 Å². The largest absolute Gasteiger partial charge is 0.481 e. The molecule has 30 nitrogen and oxygen atoms in total. The van der Waals surface area contributed by atoms with E-state index in [9.17, 15) is 58.2 Å². The van der Waals surface area contributed by atoms with Gasteiger partial charge < -0.3 is 91.0 Å². The highest BCUT2D eigenvalue weighted by atomic mass is 32.1. The van der Waals surface area contributed by atoms with E-state index in [2.05, 4.69) is 71.1 Å². The lowest BCUT2D eigenvalue weighted by molar-refractivity contribution is -0.141. The fourth-order valence-corrected chi connectivity index (χ4v) is 9.12. The van der Waals surface area contributed by atoms with Gasteiger partial charge in [0.2, 0.25) is 35.4 Å². The molecule has 83 heavy (non-hydrogen) atoms. The summed E-state index contributed by atoms with van der Waals surface area (Å²) in [6.07, 6.45) is 1.79. The van der Waals surface area contributed by atoms with Crippen molar-refractivity contribution >= 4 is 101 Å². The van der Waals surface area contributed by atoms with Crippen LogP contribution in [0.5, 0.6) is 0 Å². The zero-order chi connectivity index (χ0) is 61.4. The molecule has 458 valence electrons. The third-order valence-corrected chi connectivity index (χ3v) is 13.7. The number of urea groups is 1. The Morgan fingerprint density at radius 2 is 1.00 bits per heavy atom. The Bertz CT molecular complexity index is 2590. The van der Waals surface area contributed by atoms with Gasteiger partial charge in [-0.1, -0.05) is 42.5 Å². The van der Waals surface area contributed by atoms with Gasteiger partial charge in [0.05, 0.1) is 5.75 Å². The first-order valence-electron chi connectivity index (χ1n) is 27.3. The van der Waals surface area contributed by atoms with Crippen LogP contribution in [0.2, 0.25) is 0 Å². The van der Waals surface area contributed by atoms with Gasteiger partial charge in [0, 0.05) is 51.0 Å². The van der Waals surface area contributed by atoms with Crippen molar-refractivity contribution in [1.29, 1.82) is 16.2 Å². The number of amides is 8. The van der Waals surface area contributed by atoms with Gasteiger partial charge in [-0.05, 0) is 106 Å². The second kappa shape index (κ2) is 36.7. The number of carboxylic acids is 3. The lowest BCUT2D eigenvalue weighted by Gasteiger charge is -2.31. The highest BCUT2D eigenvalue weighted by Gasteiger charge is 2.34. The number of carbonyl (C=O) groups is 10. The van der Waals surface area contributed by atoms with E-state index in [0.29, 0.717) is 32.1 Å². The van der Waals surface area contributed by atoms with Crippen LogP contribution in [0.3, 0.4) is 0 Å². The normalized spacial score (nSPS) is 15.8. The number of fused-ring (bicyclic) bond motifs is 1. The SMILES string of the molecule is N=C(N)NCCCC(NC(=O)CS)C(=O)NC(CCCNC(=N)N)C(=O)NC(CCCNC(=N)N)C(=O)NC1CCC(C(=O)NC(Cc2ccc3ccccc3c2)C(=O)NCCCCC(NC(=O)NC(CCC(=O)O)C(=O)O)C(=O)O)CC1. The lowest BCUT2D eigenvalue weighted by atomic mass is 9.85. The average molecular weight is 1180 g/mol. The number of unbranched alkanes of at least 4 members (excludes halogenated alkanes) is 1. The molecule has 1 saturated carbocycles. The number of rotatable bonds is 37. The Hall–Kier alpha value is -8.64. The van der Waals surface area contributed by atoms with Crippen LogP contribution < -0.4 is 75.7 Å². The van der Waals surface area contributed by atoms with Crippen LogP contribution in [0.25, 0.3) is 10.8 Å². The molecule has 2 aromatic carbocycles. The first kappa shape index (κ1) is 68.6. The second-order valence-electron chi connectivity index (χ2n) is 20.0. The van der Waals surface area contributed by atoms with Gasteiger partial charge in [-0.3, -0.25) is 49.8 Å². The number of hydrogen-bond donors (Lipinski definition) is 21. The quantitative estimate of drug-likeness (QED) is 0.0152. The molecule has 2 aromatic rings. The first-order valence-corrected chi connectivity index (χ1v) is 27.9. The summed E-state index contributed by atoms with van der Waals surface area (Å²) in [6, 6.07) is 4.18. The fourth-order valence-electron chi connectivity index (χ4n) is 9.03. The molecular formula is C52H81N17O13S. The minimum Gasteiger partial charge on any atom is -0.481 e. The number of hydrogen-bond acceptors (Lipinski definition) is 14. The highest BCUT2D eigenvalue weighted by Crippen LogP contribution is 2.25. The first-order chi connectivity index (χ1) is 39.4. The Morgan fingerprint density at radius 3 is 1.51 bits per heavy atom. The topological polar surface area (TPSA) is 513 Å². The number of aliphatic carboxylic acids is 3. The van der Waals surface area contributed by atoms with Crippen molar-refractivity contribution in [2.45, 2.75) is 145 Å². The molecule has 0 spiro atoms. The number of guanidine groups is 3. The molecule has 6 atom stereocenters. The minimum atomic E-state index is -1.57. The van der Waals surface area contributed by atoms with Crippen molar-refractivity contribution < 1.29 is 63.3 Å². The summed E-state index contributed by atoms with van der Waals surface area (Å²) in [5.41, 5.74) is 17.0. The summed E-state index contributed by atoms with van der Waals surface area (Å²) in [4.78, 5) is 129. The van der Waals surface area contributed by atoms with Crippen molar-refractivity contribution in [2.75, 3.05) is 31.9 Å². The van der Waals surface area contributed by atoms with Gasteiger partial charge in [0.25, 0.3) is 0 Å². The molecular weight excluding hydrogens is 1100 g/mol. The maximum Gasteiger partial charge on any atom is 0.326 e. The molecule has 8 amide bonds. The van der Waals surface area contributed by atoms with E-state index in [0.717, 1.165) is 16.3 Å². The zero-order valence-electron chi connectivity index (χ0n) is 46.1. The van der Waals surface area contributed by atoms with E-state index in [1.54, 1.807) is 0 Å². The van der Waals surface area contributed by atoms with Gasteiger partial charge in [0.1, 0.15) is 36.3 Å². The third kappa shape index (κ3) is 27.1. The Labute approximate surface area is 485 Å². The van der Waals surface area contributed by atoms with E-state index in [1.807, 2.05) is 42.5 Å². The molecule has 0 heterocycles. The predicted octanol–water partition coefficient (Wildman–Crippen LogP) is -1.93. The van der Waals surface area contributed by atoms with Crippen LogP contribution in [0, 0.1) is 22.1 Å². The molecule has 1 fully saturated rings. The zero-order valence-corrected chi connectivity index (χ0v) is 47.0. The maximum atomic E-state index is 14.1. The maximum absolute atomic E-state index is 14.1. The number of carboxylic acid groups (broad SMARTS) is 3. The summed E-state index contributed by atoms with van der Waals surface area (Å²) >= 11 is 3.99. The average Bonchev–Trinajstić information content (AvgIpc) is 3.59. The van der Waals surface area contributed by atoms with E-state index in [4.69, 9.17) is 38.5 Å². The number of nitrogens with one attached hydrogen (secondary N) is 14. The molecule has 0 aliphatic heterocycles. The molecule has 0 radical (unpaired) electrons. The van der Waals surface area contributed by atoms with Crippen molar-refractivity contribution in [2.24, 2.45) is 23.1 Å². The molecule has 23 N–H and O–H groups in total. The predicted molar refractivity (Wildman–Crippen MR) is 309 cm³/mol. The highest BCUT2D eigenvalue weighted by molar-refractivity contribution is 7.81. The lowest BCUT2D eigenvalue weighted by Crippen LogP contribution is -2.57. The van der Waals surface area contributed by atoms with Crippen LogP contribution in [-0.2, 0) is 49.6 Å². The van der Waals surface area contributed by atoms with Crippen LogP contribution in [0.15, 0.2) is 42.5 Å². The molecule has 1 aliphatic rings. The van der Waals surface area contributed by atoms with E-state index >= 15 is 0 Å². The number of nitrogens with two attached hydrogens (primary N) is 3. The van der Waals surface area contributed by atoms with Crippen molar-refractivity contribution in [3.8, 4) is 0 Å². The smallest absolute Gasteiger partial charge is 0.326 e. The molecule has 31 heteroatoms. The molecule has 0 aromatic heterocycles. The molecule has 0 saturated heterocycles. The monoisotopic (exact) mass is 1180 g/mol. The number of carbonyl (C=O) groups excluding carboxylic acids is 7. The number of thiol groups is 1. The van der Waals surface area contributed by atoms with Crippen LogP contribution in [0.4, 0.5) is 4.79 Å². The van der Waals surface area contributed by atoms with Gasteiger partial charge >= 0.3 is 23.9 Å². The van der Waals surface area contributed by atoms with E-state index in [-0.39, 0.29) is 108 Å². The second-order valence-corrected chi connectivity index (χ2v) is 20.3. The third-order valence-electron chi connectivity index (χ3n) is 13.4. The fraction of sp³-hybridized carbons (Fsp3) is 0.558. The van der Waals surface area contributed by atoms with Crippen LogP contribution >= 0.6 is 12.6 Å². The van der Waals surface area contributed by atoms with Gasteiger partial charge in [-0.2, -0.15) is 12.6 Å². The van der Waals surface area contributed by atoms with Gasteiger partial charge in [-0.25, -0.2) is 14.4 Å². The summed E-state index contributed by atoms with van der Waals surface area (Å²) in [5, 5.41) is 81.2. The molecule has 0 bridgehead atoms. The Morgan fingerprint density at radius 1 is 0.518 bits per heavy atom. The van der Waals surface area contributed by atoms with Crippen molar-refractivity contribution in [1.82, 2.24) is 58.5 Å². The molecule has 3 rings (SSSR count). The molecule has 1 aliphatic carbocycles. The summed E-state index contributed by atoms with van der Waals surface area (Å²) in [5.74, 6) is -9.31. The van der Waals surface area contributed by atoms with E-state index in [1.165, 1.54) is 0 Å². The summed E-state index contributed by atoms with van der Waals surface area (Å²) in [7, 11) is 0. The van der Waals surface area contributed by atoms with Gasteiger partial charge in [-0.15, -0.1) is 0 Å². The summed E-state index contributed by atoms with van der Waals surface area (Å²) < 4.78 is 0. The van der Waals surface area contributed by atoms with Crippen LogP contribution in [-0.4, -0.2) is 167 Å². The Balaban J connectivity index is 1.70. The van der Waals surface area contributed by atoms with E-state index < -0.39 is 120 Å². The van der Waals surface area contributed by atoms with Crippen molar-refractivity contribution in [3.63, 3.8) is 0 Å². The summed E-state index contributed by atoms with van der Waals surface area (Å²) in [6.45, 7) is 0.623. The Kier molecular flexibility index (Phi) is 30.3. The van der Waals surface area contributed by atoms with Gasteiger partial charge in [0.15, 0.2) is 17.9 Å². The standard InChI is InChI=1S/C52H81N17O13S/c53-49(54)60-23-5-11-34(64-40(70)28-83)45(76)66-36(13-7-25-62-51(57)58)46(77)65-35(12-6-24-61-50(55)56)44(75)63-33-18-16-31(17-19-33)42(73)67-39(27-29-14-15-30-8-1-2-9-32(30)26-29)43(74)59-22-4-3-10-37(47(78)79)68-52(82)69-38(48(80)81)20-21-41(71)72/h1-2,8-9,14-15,26,31,33-39,83H,3-7,10-13,16-25,27-28H2,(H,59,74)(H,63,75)(H,64,70)(H,65,77)(H,66,76)(H,67,73)(H,71,72)(H,78,79)(H,80,81)(H4,53,54,60)(H4,55,56,61)(H4,57,58,62)(H2,68,69,82). The minimum absolute atomic E-state index is 0.0191. The number of benzene rings is 2. The molecule has 6 unspecified atom stereocenters. The van der Waals surface area contributed by atoms with Crippen LogP contribution in [0.1, 0.15) is 102 Å².